The summed E-state index contributed by atoms with van der Waals surface area (Å²) in [5.41, 5.74) is 0.682. The first-order valence-corrected chi connectivity index (χ1v) is 7.79. The average Bonchev–Trinajstić information content (AvgIpc) is 2.82. The molecule has 0 amide bonds. The van der Waals surface area contributed by atoms with Crippen LogP contribution in [0.1, 0.15) is 18.5 Å². The Kier molecular flexibility index (Phi) is 4.56. The number of aliphatic hydroxyl groups excluding tert-OH is 1. The van der Waals surface area contributed by atoms with Gasteiger partial charge in [0, 0.05) is 32.9 Å². The Morgan fingerprint density at radius 3 is 3.00 bits per heavy atom. The lowest BCUT2D eigenvalue weighted by Gasteiger charge is -2.30. The van der Waals surface area contributed by atoms with Crippen LogP contribution < -0.4 is 4.72 Å². The van der Waals surface area contributed by atoms with Gasteiger partial charge in [0.1, 0.15) is 0 Å². The lowest BCUT2D eigenvalue weighted by molar-refractivity contribution is 0.164. The molecular formula is C11H20N4O3S. The monoisotopic (exact) mass is 288 g/mol. The smallest absolute Gasteiger partial charge is 0.279 e. The van der Waals surface area contributed by atoms with Crippen molar-refractivity contribution in [3.05, 3.63) is 18.0 Å². The number of nitrogens with zero attached hydrogens (tertiary/aromatic N) is 3. The van der Waals surface area contributed by atoms with E-state index in [-0.39, 0.29) is 19.1 Å². The van der Waals surface area contributed by atoms with Crippen molar-refractivity contribution in [2.45, 2.75) is 19.4 Å². The molecule has 108 valence electrons. The van der Waals surface area contributed by atoms with Gasteiger partial charge in [0.25, 0.3) is 10.2 Å². The van der Waals surface area contributed by atoms with Crippen molar-refractivity contribution in [3.63, 3.8) is 0 Å². The molecular weight excluding hydrogens is 268 g/mol. The van der Waals surface area contributed by atoms with Crippen molar-refractivity contribution in [2.75, 3.05) is 19.7 Å². The molecule has 1 atom stereocenters. The Morgan fingerprint density at radius 1 is 1.58 bits per heavy atom. The van der Waals surface area contributed by atoms with Crippen LogP contribution in [0, 0.1) is 5.92 Å². The third-order valence-electron chi connectivity index (χ3n) is 3.28. The summed E-state index contributed by atoms with van der Waals surface area (Å²) in [6.45, 7) is 1.11. The fourth-order valence-electron chi connectivity index (χ4n) is 2.21. The van der Waals surface area contributed by atoms with Crippen LogP contribution in [0.3, 0.4) is 0 Å². The van der Waals surface area contributed by atoms with E-state index in [4.69, 9.17) is 5.11 Å². The highest BCUT2D eigenvalue weighted by molar-refractivity contribution is 7.87. The summed E-state index contributed by atoms with van der Waals surface area (Å²) in [5, 5.41) is 13.3. The number of aromatic nitrogens is 2. The quantitative estimate of drug-likeness (QED) is 0.761. The van der Waals surface area contributed by atoms with Crippen molar-refractivity contribution in [1.82, 2.24) is 18.8 Å². The predicted molar refractivity (Wildman–Crippen MR) is 70.4 cm³/mol. The molecule has 1 saturated heterocycles. The van der Waals surface area contributed by atoms with Gasteiger partial charge in [-0.1, -0.05) is 0 Å². The summed E-state index contributed by atoms with van der Waals surface area (Å²) in [4.78, 5) is 0. The van der Waals surface area contributed by atoms with Crippen molar-refractivity contribution < 1.29 is 13.5 Å². The average molecular weight is 288 g/mol. The zero-order valence-electron chi connectivity index (χ0n) is 11.0. The van der Waals surface area contributed by atoms with Crippen LogP contribution in [0.2, 0.25) is 0 Å². The predicted octanol–water partition coefficient (Wildman–Crippen LogP) is -0.541. The Hall–Kier alpha value is -0.960. The molecule has 0 spiro atoms. The Morgan fingerprint density at radius 2 is 2.37 bits per heavy atom. The molecule has 2 N–H and O–H groups in total. The minimum absolute atomic E-state index is 0.0340. The van der Waals surface area contributed by atoms with Crippen LogP contribution in [0.15, 0.2) is 12.3 Å². The molecule has 1 aromatic heterocycles. The summed E-state index contributed by atoms with van der Waals surface area (Å²) in [5.74, 6) is 0.0418. The highest BCUT2D eigenvalue weighted by Gasteiger charge is 2.28. The third-order valence-corrected chi connectivity index (χ3v) is 4.80. The second kappa shape index (κ2) is 6.00. The number of hydrogen-bond acceptors (Lipinski definition) is 4. The summed E-state index contributed by atoms with van der Waals surface area (Å²) < 4.78 is 29.8. The van der Waals surface area contributed by atoms with Crippen molar-refractivity contribution in [3.8, 4) is 0 Å². The van der Waals surface area contributed by atoms with Gasteiger partial charge in [0.2, 0.25) is 0 Å². The van der Waals surface area contributed by atoms with E-state index >= 15 is 0 Å². The highest BCUT2D eigenvalue weighted by Crippen LogP contribution is 2.18. The molecule has 0 aromatic carbocycles. The minimum atomic E-state index is -3.49. The van der Waals surface area contributed by atoms with Gasteiger partial charge < -0.3 is 5.11 Å². The normalized spacial score (nSPS) is 21.7. The molecule has 19 heavy (non-hydrogen) atoms. The van der Waals surface area contributed by atoms with Crippen molar-refractivity contribution >= 4 is 10.2 Å². The number of aryl methyl sites for hydroxylation is 1. The molecule has 2 heterocycles. The maximum atomic E-state index is 12.1. The maximum Gasteiger partial charge on any atom is 0.279 e. The zero-order valence-corrected chi connectivity index (χ0v) is 11.8. The minimum Gasteiger partial charge on any atom is -0.396 e. The second-order valence-electron chi connectivity index (χ2n) is 4.86. The van der Waals surface area contributed by atoms with Gasteiger partial charge in [0.15, 0.2) is 0 Å². The lowest BCUT2D eigenvalue weighted by Crippen LogP contribution is -2.46. The van der Waals surface area contributed by atoms with Gasteiger partial charge in [-0.15, -0.1) is 0 Å². The molecule has 1 fully saturated rings. The Balaban J connectivity index is 1.94. The number of rotatable bonds is 5. The molecule has 2 rings (SSSR count). The van der Waals surface area contributed by atoms with E-state index in [1.807, 2.05) is 0 Å². The first kappa shape index (κ1) is 14.4. The van der Waals surface area contributed by atoms with Crippen LogP contribution in [-0.2, 0) is 23.8 Å². The van der Waals surface area contributed by atoms with Gasteiger partial charge in [-0.3, -0.25) is 4.68 Å². The van der Waals surface area contributed by atoms with Crippen LogP contribution in [0.4, 0.5) is 0 Å². The standard InChI is InChI=1S/C11H20N4O3S/c1-14-6-4-11(13-14)7-12-19(17,18)15-5-2-3-10(8-15)9-16/h4,6,10,12,16H,2-3,5,7-9H2,1H3. The fraction of sp³-hybridized carbons (Fsp3) is 0.727. The highest BCUT2D eigenvalue weighted by atomic mass is 32.2. The van der Waals surface area contributed by atoms with Gasteiger partial charge in [-0.05, 0) is 24.8 Å². The van der Waals surface area contributed by atoms with Crippen LogP contribution in [-0.4, -0.2) is 47.3 Å². The molecule has 7 nitrogen and oxygen atoms in total. The zero-order chi connectivity index (χ0) is 13.9. The van der Waals surface area contributed by atoms with Gasteiger partial charge in [0.05, 0.1) is 12.2 Å². The molecule has 1 aromatic rings. The lowest BCUT2D eigenvalue weighted by atomic mass is 10.0. The number of nitrogens with one attached hydrogen (secondary N) is 1. The van der Waals surface area contributed by atoms with Crippen LogP contribution in [0.5, 0.6) is 0 Å². The molecule has 0 aliphatic carbocycles. The second-order valence-corrected chi connectivity index (χ2v) is 6.61. The van der Waals surface area contributed by atoms with Crippen LogP contribution >= 0.6 is 0 Å². The number of aliphatic hydroxyl groups is 1. The molecule has 8 heteroatoms. The van der Waals surface area contributed by atoms with E-state index in [0.29, 0.717) is 18.8 Å². The van der Waals surface area contributed by atoms with Gasteiger partial charge in [-0.2, -0.15) is 22.5 Å². The van der Waals surface area contributed by atoms with Gasteiger partial charge >= 0.3 is 0 Å². The number of piperidine rings is 1. The fourth-order valence-corrected chi connectivity index (χ4v) is 3.50. The van der Waals surface area contributed by atoms with E-state index < -0.39 is 10.2 Å². The van der Waals surface area contributed by atoms with Crippen molar-refractivity contribution in [1.29, 1.82) is 0 Å². The van der Waals surface area contributed by atoms with E-state index in [0.717, 1.165) is 12.8 Å². The molecule has 1 aliphatic rings. The first-order valence-electron chi connectivity index (χ1n) is 6.35. The number of hydrogen-bond donors (Lipinski definition) is 2. The molecule has 1 unspecified atom stereocenters. The molecule has 0 saturated carbocycles. The third kappa shape index (κ3) is 3.75. The van der Waals surface area contributed by atoms with E-state index in [1.54, 1.807) is 24.0 Å². The van der Waals surface area contributed by atoms with E-state index in [1.165, 1.54) is 4.31 Å². The molecule has 1 aliphatic heterocycles. The van der Waals surface area contributed by atoms with Crippen LogP contribution in [0.25, 0.3) is 0 Å². The topological polar surface area (TPSA) is 87.5 Å². The largest absolute Gasteiger partial charge is 0.396 e. The maximum absolute atomic E-state index is 12.1. The SMILES string of the molecule is Cn1ccc(CNS(=O)(=O)N2CCCC(CO)C2)n1. The van der Waals surface area contributed by atoms with Crippen molar-refractivity contribution in [2.24, 2.45) is 13.0 Å². The van der Waals surface area contributed by atoms with E-state index in [9.17, 15) is 8.42 Å². The summed E-state index contributed by atoms with van der Waals surface area (Å²) >= 11 is 0. The summed E-state index contributed by atoms with van der Waals surface area (Å²) in [7, 11) is -1.71. The molecule has 0 bridgehead atoms. The Bertz CT molecular complexity index is 514. The summed E-state index contributed by atoms with van der Waals surface area (Å²) in [6.07, 6.45) is 3.44. The first-order chi connectivity index (χ1) is 9.01. The Labute approximate surface area is 113 Å². The summed E-state index contributed by atoms with van der Waals surface area (Å²) in [6, 6.07) is 1.77. The van der Waals surface area contributed by atoms with E-state index in [2.05, 4.69) is 9.82 Å². The van der Waals surface area contributed by atoms with Gasteiger partial charge in [-0.25, -0.2) is 0 Å². The molecule has 0 radical (unpaired) electrons.